The van der Waals surface area contributed by atoms with Crippen LogP contribution >= 0.6 is 0 Å². The van der Waals surface area contributed by atoms with Gasteiger partial charge in [0.25, 0.3) is 5.91 Å². The number of imidazole rings is 1. The standard InChI is InChI=1S/C33H30FN7O5/c1-41(44,24-10-11-24)16-3-6-29(42)38-15-17-45-28-14-9-23(19-27(28)38)40-32-30(31(35)36-20-37-32)39(33(40)43)22-7-12-25(13-8-22)46-26-5-2-4-21(34)18-26/h2-9,12-14,18-20,24H,10-11,15-17H2,1H3,(H2,35,36,37)/b6-3+. The smallest absolute Gasteiger partial charge is 0.339 e. The van der Waals surface area contributed by atoms with Gasteiger partial charge in [0.15, 0.2) is 11.5 Å². The molecular formula is C33H30FN7O5. The summed E-state index contributed by atoms with van der Waals surface area (Å²) < 4.78 is 27.6. The molecule has 1 atom stereocenters. The third kappa shape index (κ3) is 5.46. The monoisotopic (exact) mass is 623 g/mol. The van der Waals surface area contributed by atoms with Gasteiger partial charge in [-0.05, 0) is 60.7 Å². The number of hydroxylamine groups is 3. The number of hydrogen-bond donors (Lipinski definition) is 1. The molecule has 7 rings (SSSR count). The van der Waals surface area contributed by atoms with Crippen molar-refractivity contribution in [3.05, 3.63) is 107 Å². The second-order valence-corrected chi connectivity index (χ2v) is 11.4. The summed E-state index contributed by atoms with van der Waals surface area (Å²) in [5.74, 6) is 0.643. The first-order chi connectivity index (χ1) is 22.2. The summed E-state index contributed by atoms with van der Waals surface area (Å²) in [6, 6.07) is 17.6. The van der Waals surface area contributed by atoms with Crippen molar-refractivity contribution in [3.63, 3.8) is 0 Å². The van der Waals surface area contributed by atoms with Crippen LogP contribution in [0.2, 0.25) is 0 Å². The Morgan fingerprint density at radius 1 is 1.09 bits per heavy atom. The predicted molar refractivity (Wildman–Crippen MR) is 170 cm³/mol. The van der Waals surface area contributed by atoms with Crippen LogP contribution in [0.1, 0.15) is 12.8 Å². The Morgan fingerprint density at radius 2 is 1.87 bits per heavy atom. The van der Waals surface area contributed by atoms with Crippen LogP contribution in [-0.4, -0.2) is 62.4 Å². The number of rotatable bonds is 8. The summed E-state index contributed by atoms with van der Waals surface area (Å²) in [5.41, 5.74) is 7.76. The second kappa shape index (κ2) is 11.4. The van der Waals surface area contributed by atoms with Gasteiger partial charge in [0.1, 0.15) is 41.5 Å². The van der Waals surface area contributed by atoms with E-state index in [1.165, 1.54) is 33.7 Å². The number of benzene rings is 3. The average Bonchev–Trinajstić information content (AvgIpc) is 3.86. The van der Waals surface area contributed by atoms with Crippen LogP contribution in [-0.2, 0) is 4.79 Å². The Bertz CT molecular complexity index is 2050. The number of amides is 1. The number of quaternary nitrogens is 1. The third-order valence-electron chi connectivity index (χ3n) is 8.15. The van der Waals surface area contributed by atoms with E-state index in [-0.39, 0.29) is 30.0 Å². The zero-order chi connectivity index (χ0) is 32.0. The number of nitrogen functional groups attached to an aromatic ring is 1. The SMILES string of the molecule is C[N+]([O-])(C/C=C/C(=O)N1CCOc2ccc(-n3c(=O)n(-c4ccc(Oc5cccc(F)c5)cc4)c4c(N)ncnc43)cc21)C1CC1. The van der Waals surface area contributed by atoms with Crippen molar-refractivity contribution in [2.24, 2.45) is 0 Å². The van der Waals surface area contributed by atoms with Crippen LogP contribution in [0, 0.1) is 11.0 Å². The van der Waals surface area contributed by atoms with E-state index in [2.05, 4.69) is 9.97 Å². The van der Waals surface area contributed by atoms with Crippen LogP contribution < -0.4 is 25.8 Å². The minimum atomic E-state index is -0.469. The zero-order valence-corrected chi connectivity index (χ0v) is 24.9. The summed E-state index contributed by atoms with van der Waals surface area (Å²) in [4.78, 5) is 37.5. The number of anilines is 2. The van der Waals surface area contributed by atoms with E-state index in [4.69, 9.17) is 15.2 Å². The summed E-state index contributed by atoms with van der Waals surface area (Å²) in [6.07, 6.45) is 6.14. The Morgan fingerprint density at radius 3 is 2.63 bits per heavy atom. The third-order valence-corrected chi connectivity index (χ3v) is 8.15. The number of likely N-dealkylation sites (N-methyl/N-ethyl adjacent to an activating group) is 1. The molecule has 0 saturated heterocycles. The fourth-order valence-electron chi connectivity index (χ4n) is 5.65. The molecule has 0 bridgehead atoms. The molecule has 0 spiro atoms. The van der Waals surface area contributed by atoms with E-state index in [0.717, 1.165) is 12.8 Å². The van der Waals surface area contributed by atoms with E-state index in [9.17, 15) is 19.2 Å². The van der Waals surface area contributed by atoms with Crippen molar-refractivity contribution in [2.45, 2.75) is 18.9 Å². The van der Waals surface area contributed by atoms with Crippen molar-refractivity contribution in [1.29, 1.82) is 0 Å². The first-order valence-electron chi connectivity index (χ1n) is 14.8. The molecule has 2 aromatic heterocycles. The maximum atomic E-state index is 14.1. The molecule has 1 saturated carbocycles. The van der Waals surface area contributed by atoms with Gasteiger partial charge in [-0.1, -0.05) is 6.07 Å². The molecule has 2 aliphatic rings. The van der Waals surface area contributed by atoms with Crippen molar-refractivity contribution in [2.75, 3.05) is 37.4 Å². The molecule has 1 amide bonds. The molecule has 46 heavy (non-hydrogen) atoms. The lowest BCUT2D eigenvalue weighted by atomic mass is 10.2. The Labute approximate surface area is 262 Å². The number of nitrogens with zero attached hydrogens (tertiary/aromatic N) is 6. The van der Waals surface area contributed by atoms with E-state index in [1.54, 1.807) is 72.6 Å². The Kier molecular flexibility index (Phi) is 7.26. The van der Waals surface area contributed by atoms with Crippen molar-refractivity contribution >= 4 is 28.6 Å². The summed E-state index contributed by atoms with van der Waals surface area (Å²) in [6.45, 7) is 0.800. The molecular weight excluding hydrogens is 593 g/mol. The first kappa shape index (κ1) is 29.2. The predicted octanol–water partition coefficient (Wildman–Crippen LogP) is 4.47. The minimum absolute atomic E-state index is 0.0937. The normalized spacial score (nSPS) is 15.8. The number of hydrogen-bond acceptors (Lipinski definition) is 8. The largest absolute Gasteiger partial charge is 0.633 e. The number of fused-ring (bicyclic) bond motifs is 2. The summed E-state index contributed by atoms with van der Waals surface area (Å²) in [5, 5.41) is 12.7. The van der Waals surface area contributed by atoms with Crippen LogP contribution in [0.15, 0.2) is 90.0 Å². The van der Waals surface area contributed by atoms with Crippen LogP contribution in [0.25, 0.3) is 22.5 Å². The van der Waals surface area contributed by atoms with Gasteiger partial charge >= 0.3 is 5.69 Å². The first-order valence-corrected chi connectivity index (χ1v) is 14.8. The number of aromatic nitrogens is 4. The highest BCUT2D eigenvalue weighted by molar-refractivity contribution is 6.03. The topological polar surface area (TPSA) is 141 Å². The van der Waals surface area contributed by atoms with E-state index in [0.29, 0.717) is 53.0 Å². The molecule has 1 fully saturated rings. The Balaban J connectivity index is 1.24. The van der Waals surface area contributed by atoms with Crippen molar-refractivity contribution < 1.29 is 23.3 Å². The molecule has 5 aromatic rings. The van der Waals surface area contributed by atoms with Crippen LogP contribution in [0.4, 0.5) is 15.9 Å². The molecule has 1 aliphatic carbocycles. The fraction of sp³-hybridized carbons (Fsp3) is 0.212. The minimum Gasteiger partial charge on any atom is -0.633 e. The van der Waals surface area contributed by atoms with Crippen molar-refractivity contribution in [3.8, 4) is 28.6 Å². The lowest BCUT2D eigenvalue weighted by Gasteiger charge is -2.38. The molecule has 2 N–H and O–H groups in total. The van der Waals surface area contributed by atoms with Crippen LogP contribution in [0.5, 0.6) is 17.2 Å². The van der Waals surface area contributed by atoms with Gasteiger partial charge in [-0.2, -0.15) is 0 Å². The molecule has 13 heteroatoms. The van der Waals surface area contributed by atoms with Gasteiger partial charge in [-0.3, -0.25) is 9.36 Å². The average molecular weight is 624 g/mol. The molecule has 12 nitrogen and oxygen atoms in total. The maximum absolute atomic E-state index is 14.1. The molecule has 3 heterocycles. The second-order valence-electron chi connectivity index (χ2n) is 11.4. The highest BCUT2D eigenvalue weighted by Gasteiger charge is 2.34. The van der Waals surface area contributed by atoms with Gasteiger partial charge < -0.3 is 30.0 Å². The summed E-state index contributed by atoms with van der Waals surface area (Å²) >= 11 is 0. The molecule has 1 unspecified atom stereocenters. The highest BCUT2D eigenvalue weighted by Crippen LogP contribution is 2.35. The molecule has 0 radical (unpaired) electrons. The van der Waals surface area contributed by atoms with Gasteiger partial charge in [-0.25, -0.2) is 23.7 Å². The number of carbonyl (C=O) groups is 1. The zero-order valence-electron chi connectivity index (χ0n) is 24.9. The van der Waals surface area contributed by atoms with Gasteiger partial charge in [0, 0.05) is 25.0 Å². The molecule has 3 aromatic carbocycles. The number of carbonyl (C=O) groups excluding carboxylic acids is 1. The number of nitrogens with two attached hydrogens (primary N) is 1. The lowest BCUT2D eigenvalue weighted by molar-refractivity contribution is -0.865. The van der Waals surface area contributed by atoms with E-state index in [1.807, 2.05) is 0 Å². The Hall–Kier alpha value is -5.53. The van der Waals surface area contributed by atoms with Gasteiger partial charge in [0.05, 0.1) is 43.2 Å². The van der Waals surface area contributed by atoms with Crippen LogP contribution in [0.3, 0.4) is 0 Å². The molecule has 1 aliphatic heterocycles. The highest BCUT2D eigenvalue weighted by atomic mass is 19.1. The van der Waals surface area contributed by atoms with Gasteiger partial charge in [0.2, 0.25) is 0 Å². The van der Waals surface area contributed by atoms with Gasteiger partial charge in [-0.15, -0.1) is 0 Å². The lowest BCUT2D eigenvalue weighted by Crippen LogP contribution is -2.40. The quantitative estimate of drug-likeness (QED) is 0.152. The fourth-order valence-corrected chi connectivity index (χ4v) is 5.65. The molecule has 234 valence electrons. The number of ether oxygens (including phenoxy) is 2. The van der Waals surface area contributed by atoms with E-state index >= 15 is 0 Å². The summed E-state index contributed by atoms with van der Waals surface area (Å²) in [7, 11) is 1.63. The van der Waals surface area contributed by atoms with E-state index < -0.39 is 16.2 Å². The maximum Gasteiger partial charge on any atom is 0.339 e. The van der Waals surface area contributed by atoms with Crippen molar-refractivity contribution in [1.82, 2.24) is 19.1 Å². The number of halogens is 1.